The summed E-state index contributed by atoms with van der Waals surface area (Å²) >= 11 is 14.1. The minimum absolute atomic E-state index is 0.0669. The zero-order chi connectivity index (χ0) is 11.7. The Labute approximate surface area is 126 Å². The lowest BCUT2D eigenvalue weighted by molar-refractivity contribution is 1.17. The van der Waals surface area contributed by atoms with Gasteiger partial charge in [-0.2, -0.15) is 0 Å². The van der Waals surface area contributed by atoms with Gasteiger partial charge in [-0.1, -0.05) is 12.1 Å². The van der Waals surface area contributed by atoms with Gasteiger partial charge in [-0.3, -0.25) is 0 Å². The number of rotatable bonds is 2. The van der Waals surface area contributed by atoms with Gasteiger partial charge < -0.3 is 0 Å². The van der Waals surface area contributed by atoms with E-state index in [0.717, 1.165) is 10.0 Å². The van der Waals surface area contributed by atoms with Gasteiger partial charge in [0.05, 0.1) is 5.38 Å². The van der Waals surface area contributed by atoms with Gasteiger partial charge in [0.1, 0.15) is 0 Å². The standard InChI is InChI=1S/C12H9BrClIS/c1-7-5-10(13)12(16-7)11(14)8-3-2-4-9(15)6-8/h2-6,11H,1H3. The van der Waals surface area contributed by atoms with E-state index in [1.807, 2.05) is 6.07 Å². The van der Waals surface area contributed by atoms with Crippen molar-refractivity contribution in [1.29, 1.82) is 0 Å². The van der Waals surface area contributed by atoms with Crippen molar-refractivity contribution < 1.29 is 0 Å². The highest BCUT2D eigenvalue weighted by Crippen LogP contribution is 2.39. The summed E-state index contributed by atoms with van der Waals surface area (Å²) in [7, 11) is 0. The molecule has 2 rings (SSSR count). The van der Waals surface area contributed by atoms with Crippen LogP contribution in [0, 0.1) is 10.5 Å². The summed E-state index contributed by atoms with van der Waals surface area (Å²) in [6, 6.07) is 10.4. The number of aryl methyl sites for hydroxylation is 1. The first-order valence-electron chi connectivity index (χ1n) is 4.73. The summed E-state index contributed by atoms with van der Waals surface area (Å²) in [5.74, 6) is 0. The average molecular weight is 428 g/mol. The average Bonchev–Trinajstić information content (AvgIpc) is 2.57. The smallest absolute Gasteiger partial charge is 0.0939 e. The van der Waals surface area contributed by atoms with Gasteiger partial charge in [0.15, 0.2) is 0 Å². The molecule has 1 atom stereocenters. The van der Waals surface area contributed by atoms with Crippen LogP contribution in [0.25, 0.3) is 0 Å². The molecule has 4 heteroatoms. The quantitative estimate of drug-likeness (QED) is 0.423. The first kappa shape index (κ1) is 12.9. The van der Waals surface area contributed by atoms with Gasteiger partial charge >= 0.3 is 0 Å². The lowest BCUT2D eigenvalue weighted by atomic mass is 10.1. The van der Waals surface area contributed by atoms with Crippen LogP contribution in [0.2, 0.25) is 0 Å². The van der Waals surface area contributed by atoms with Crippen LogP contribution in [-0.4, -0.2) is 0 Å². The van der Waals surface area contributed by atoms with Crippen molar-refractivity contribution in [2.75, 3.05) is 0 Å². The second-order valence-corrected chi connectivity index (χ2v) is 7.31. The third-order valence-electron chi connectivity index (χ3n) is 2.21. The van der Waals surface area contributed by atoms with E-state index in [1.165, 1.54) is 13.3 Å². The monoisotopic (exact) mass is 426 g/mol. The van der Waals surface area contributed by atoms with Crippen molar-refractivity contribution in [3.05, 3.63) is 53.7 Å². The summed E-state index contributed by atoms with van der Waals surface area (Å²) in [5, 5.41) is -0.0669. The Kier molecular flexibility index (Phi) is 4.32. The molecule has 0 saturated carbocycles. The molecule has 0 radical (unpaired) electrons. The van der Waals surface area contributed by atoms with Crippen molar-refractivity contribution in [2.45, 2.75) is 12.3 Å². The minimum atomic E-state index is -0.0669. The predicted octanol–water partition coefficient (Wildman–Crippen LogP) is 5.75. The van der Waals surface area contributed by atoms with Crippen LogP contribution >= 0.6 is 61.5 Å². The molecule has 0 aliphatic heterocycles. The molecule has 0 saturated heterocycles. The number of halogens is 3. The fourth-order valence-corrected chi connectivity index (χ4v) is 4.46. The first-order chi connectivity index (χ1) is 7.58. The van der Waals surface area contributed by atoms with Gasteiger partial charge in [-0.15, -0.1) is 22.9 Å². The second kappa shape index (κ2) is 5.38. The number of benzene rings is 1. The van der Waals surface area contributed by atoms with E-state index >= 15 is 0 Å². The van der Waals surface area contributed by atoms with Crippen LogP contribution in [0.4, 0.5) is 0 Å². The molecule has 1 unspecified atom stereocenters. The molecule has 16 heavy (non-hydrogen) atoms. The molecular formula is C12H9BrClIS. The van der Waals surface area contributed by atoms with Crippen LogP contribution in [0.1, 0.15) is 20.7 Å². The fourth-order valence-electron chi connectivity index (χ4n) is 1.49. The molecule has 84 valence electrons. The maximum absolute atomic E-state index is 6.50. The molecule has 1 aromatic heterocycles. The molecule has 0 aliphatic carbocycles. The predicted molar refractivity (Wildman–Crippen MR) is 83.6 cm³/mol. The van der Waals surface area contributed by atoms with Gasteiger partial charge in [0.25, 0.3) is 0 Å². The molecule has 0 amide bonds. The number of hydrogen-bond acceptors (Lipinski definition) is 1. The number of hydrogen-bond donors (Lipinski definition) is 0. The topological polar surface area (TPSA) is 0 Å². The number of alkyl halides is 1. The fraction of sp³-hybridized carbons (Fsp3) is 0.167. The molecule has 0 aliphatic rings. The highest BCUT2D eigenvalue weighted by atomic mass is 127. The maximum atomic E-state index is 6.50. The van der Waals surface area contributed by atoms with Crippen molar-refractivity contribution in [3.8, 4) is 0 Å². The Bertz CT molecular complexity index is 509. The number of thiophene rings is 1. The molecule has 1 aromatic carbocycles. The van der Waals surface area contributed by atoms with Crippen LogP contribution in [-0.2, 0) is 0 Å². The normalized spacial score (nSPS) is 12.8. The van der Waals surface area contributed by atoms with Crippen LogP contribution < -0.4 is 0 Å². The van der Waals surface area contributed by atoms with Gasteiger partial charge in [0.2, 0.25) is 0 Å². The van der Waals surface area contributed by atoms with Crippen molar-refractivity contribution in [2.24, 2.45) is 0 Å². The summed E-state index contributed by atoms with van der Waals surface area (Å²) in [6.07, 6.45) is 0. The third-order valence-corrected chi connectivity index (χ3v) is 5.51. The lowest BCUT2D eigenvalue weighted by Crippen LogP contribution is -1.91. The molecular weight excluding hydrogens is 418 g/mol. The molecule has 0 fully saturated rings. The zero-order valence-corrected chi connectivity index (χ0v) is 13.8. The summed E-state index contributed by atoms with van der Waals surface area (Å²) in [4.78, 5) is 2.46. The Morgan fingerprint density at radius 1 is 1.38 bits per heavy atom. The van der Waals surface area contributed by atoms with Crippen molar-refractivity contribution in [1.82, 2.24) is 0 Å². The maximum Gasteiger partial charge on any atom is 0.0939 e. The molecule has 0 spiro atoms. The van der Waals surface area contributed by atoms with Gasteiger partial charge in [0, 0.05) is 17.8 Å². The van der Waals surface area contributed by atoms with E-state index in [4.69, 9.17) is 11.6 Å². The third kappa shape index (κ3) is 2.81. The van der Waals surface area contributed by atoms with E-state index in [1.54, 1.807) is 11.3 Å². The molecule has 1 heterocycles. The highest BCUT2D eigenvalue weighted by Gasteiger charge is 2.16. The van der Waals surface area contributed by atoms with Crippen LogP contribution in [0.15, 0.2) is 34.8 Å². The van der Waals surface area contributed by atoms with E-state index in [2.05, 4.69) is 69.7 Å². The Morgan fingerprint density at radius 2 is 2.12 bits per heavy atom. The molecule has 2 aromatic rings. The summed E-state index contributed by atoms with van der Waals surface area (Å²) in [5.41, 5.74) is 1.15. The van der Waals surface area contributed by atoms with E-state index < -0.39 is 0 Å². The largest absolute Gasteiger partial charge is 0.143 e. The van der Waals surface area contributed by atoms with Crippen molar-refractivity contribution >= 4 is 61.5 Å². The Morgan fingerprint density at radius 3 is 2.69 bits per heavy atom. The van der Waals surface area contributed by atoms with Gasteiger partial charge in [-0.05, 0) is 69.2 Å². The second-order valence-electron chi connectivity index (χ2n) is 3.49. The lowest BCUT2D eigenvalue weighted by Gasteiger charge is -2.09. The Hall–Kier alpha value is 0.420. The van der Waals surface area contributed by atoms with Crippen LogP contribution in [0.3, 0.4) is 0 Å². The van der Waals surface area contributed by atoms with Crippen molar-refractivity contribution in [3.63, 3.8) is 0 Å². The van der Waals surface area contributed by atoms with E-state index in [9.17, 15) is 0 Å². The Balaban J connectivity index is 2.38. The zero-order valence-electron chi connectivity index (χ0n) is 8.51. The first-order valence-corrected chi connectivity index (χ1v) is 7.86. The van der Waals surface area contributed by atoms with E-state index in [-0.39, 0.29) is 5.38 Å². The van der Waals surface area contributed by atoms with Crippen LogP contribution in [0.5, 0.6) is 0 Å². The highest BCUT2D eigenvalue weighted by molar-refractivity contribution is 14.1. The molecule has 0 N–H and O–H groups in total. The molecule has 0 bridgehead atoms. The van der Waals surface area contributed by atoms with Gasteiger partial charge in [-0.25, -0.2) is 0 Å². The SMILES string of the molecule is Cc1cc(Br)c(C(Cl)c2cccc(I)c2)s1. The minimum Gasteiger partial charge on any atom is -0.143 e. The summed E-state index contributed by atoms with van der Waals surface area (Å²) in [6.45, 7) is 2.09. The molecule has 0 nitrogen and oxygen atoms in total. The summed E-state index contributed by atoms with van der Waals surface area (Å²) < 4.78 is 2.32. The van der Waals surface area contributed by atoms with E-state index in [0.29, 0.717) is 0 Å².